The quantitative estimate of drug-likeness (QED) is 0.704. The topological polar surface area (TPSA) is 47.6 Å². The van der Waals surface area contributed by atoms with Gasteiger partial charge in [0.25, 0.3) is 0 Å². The van der Waals surface area contributed by atoms with Gasteiger partial charge in [-0.25, -0.2) is 4.79 Å². The highest BCUT2D eigenvalue weighted by atomic mass is 16.5. The summed E-state index contributed by atoms with van der Waals surface area (Å²) in [6.07, 6.45) is 1.19. The van der Waals surface area contributed by atoms with Gasteiger partial charge in [0.1, 0.15) is 0 Å². The summed E-state index contributed by atoms with van der Waals surface area (Å²) in [6, 6.07) is 17.7. The lowest BCUT2D eigenvalue weighted by molar-refractivity contribution is 0.119. The fourth-order valence-electron chi connectivity index (χ4n) is 2.35. The maximum absolute atomic E-state index is 11.4. The third kappa shape index (κ3) is 5.56. The summed E-state index contributed by atoms with van der Waals surface area (Å²) < 4.78 is 10.3. The highest BCUT2D eigenvalue weighted by Gasteiger charge is 2.08. The molecule has 1 amide bonds. The van der Waals surface area contributed by atoms with E-state index < -0.39 is 6.09 Å². The van der Waals surface area contributed by atoms with E-state index in [1.807, 2.05) is 54.6 Å². The molecule has 2 aromatic carbocycles. The first kappa shape index (κ1) is 17.8. The van der Waals surface area contributed by atoms with E-state index in [0.29, 0.717) is 18.9 Å². The molecule has 0 aromatic heterocycles. The summed E-state index contributed by atoms with van der Waals surface area (Å²) in [6.45, 7) is 5.41. The zero-order valence-electron chi connectivity index (χ0n) is 14.0. The van der Waals surface area contributed by atoms with Crippen molar-refractivity contribution in [1.82, 2.24) is 0 Å². The smallest absolute Gasteiger partial charge is 0.411 e. The summed E-state index contributed by atoms with van der Waals surface area (Å²) in [4.78, 5) is 11.4. The molecule has 0 bridgehead atoms. The Balaban J connectivity index is 1.79. The Bertz CT molecular complexity index is 668. The molecule has 0 atom stereocenters. The number of methoxy groups -OCH3 is 1. The van der Waals surface area contributed by atoms with Crippen molar-refractivity contribution in [2.75, 3.05) is 19.0 Å². The first-order valence-electron chi connectivity index (χ1n) is 7.94. The SMILES string of the molecule is C=C(CCCOCc1ccccc1)c1ccccc1NC(=O)OC. The molecule has 0 heterocycles. The number of anilines is 1. The van der Waals surface area contributed by atoms with E-state index in [4.69, 9.17) is 4.74 Å². The van der Waals surface area contributed by atoms with Crippen molar-refractivity contribution < 1.29 is 14.3 Å². The predicted octanol–water partition coefficient (Wildman–Crippen LogP) is 4.88. The molecule has 0 unspecified atom stereocenters. The normalized spacial score (nSPS) is 10.2. The van der Waals surface area contributed by atoms with Gasteiger partial charge in [-0.3, -0.25) is 5.32 Å². The Morgan fingerprint density at radius 1 is 1.08 bits per heavy atom. The largest absolute Gasteiger partial charge is 0.453 e. The molecule has 2 rings (SSSR count). The van der Waals surface area contributed by atoms with Gasteiger partial charge in [0, 0.05) is 12.2 Å². The molecule has 0 saturated carbocycles. The van der Waals surface area contributed by atoms with Crippen LogP contribution in [0, 0.1) is 0 Å². The van der Waals surface area contributed by atoms with E-state index in [1.54, 1.807) is 0 Å². The summed E-state index contributed by atoms with van der Waals surface area (Å²) in [5.74, 6) is 0. The van der Waals surface area contributed by atoms with Crippen LogP contribution >= 0.6 is 0 Å². The number of nitrogens with one attached hydrogen (secondary N) is 1. The average molecular weight is 325 g/mol. The van der Waals surface area contributed by atoms with Crippen LogP contribution in [-0.4, -0.2) is 19.8 Å². The molecule has 0 spiro atoms. The van der Waals surface area contributed by atoms with Gasteiger partial charge < -0.3 is 9.47 Å². The van der Waals surface area contributed by atoms with Crippen LogP contribution in [-0.2, 0) is 16.1 Å². The lowest BCUT2D eigenvalue weighted by Crippen LogP contribution is -2.12. The summed E-state index contributed by atoms with van der Waals surface area (Å²) >= 11 is 0. The molecule has 0 aliphatic rings. The highest BCUT2D eigenvalue weighted by molar-refractivity contribution is 5.89. The van der Waals surface area contributed by atoms with E-state index >= 15 is 0 Å². The number of amides is 1. The first-order valence-corrected chi connectivity index (χ1v) is 7.94. The van der Waals surface area contributed by atoms with Crippen molar-refractivity contribution in [2.24, 2.45) is 0 Å². The zero-order valence-corrected chi connectivity index (χ0v) is 14.0. The Morgan fingerprint density at radius 3 is 2.54 bits per heavy atom. The van der Waals surface area contributed by atoms with E-state index in [0.717, 1.165) is 24.0 Å². The number of benzene rings is 2. The number of para-hydroxylation sites is 1. The van der Waals surface area contributed by atoms with E-state index in [1.165, 1.54) is 12.7 Å². The van der Waals surface area contributed by atoms with Gasteiger partial charge in [-0.05, 0) is 30.0 Å². The van der Waals surface area contributed by atoms with Crippen LogP contribution in [0.1, 0.15) is 24.0 Å². The van der Waals surface area contributed by atoms with Gasteiger partial charge >= 0.3 is 6.09 Å². The van der Waals surface area contributed by atoms with Crippen molar-refractivity contribution in [1.29, 1.82) is 0 Å². The summed E-state index contributed by atoms with van der Waals surface area (Å²) in [7, 11) is 1.34. The molecule has 4 nitrogen and oxygen atoms in total. The van der Waals surface area contributed by atoms with E-state index in [9.17, 15) is 4.79 Å². The second kappa shape index (κ2) is 9.53. The molecular weight excluding hydrogens is 302 g/mol. The minimum atomic E-state index is -0.485. The molecule has 126 valence electrons. The van der Waals surface area contributed by atoms with Crippen LogP contribution in [0.4, 0.5) is 10.5 Å². The number of carbonyl (C=O) groups is 1. The van der Waals surface area contributed by atoms with E-state index in [2.05, 4.69) is 16.6 Å². The molecule has 2 aromatic rings. The van der Waals surface area contributed by atoms with Crippen molar-refractivity contribution in [3.8, 4) is 0 Å². The fraction of sp³-hybridized carbons (Fsp3) is 0.250. The summed E-state index contributed by atoms with van der Waals surface area (Å²) in [5.41, 5.74) is 3.76. The standard InChI is InChI=1S/C20H23NO3/c1-16(9-8-14-24-15-17-10-4-3-5-11-17)18-12-6-7-13-19(18)21-20(22)23-2/h3-7,10-13H,1,8-9,14-15H2,2H3,(H,21,22). The Kier molecular flexibility index (Phi) is 7.05. The number of rotatable bonds is 8. The molecule has 0 fully saturated rings. The van der Waals surface area contributed by atoms with Gasteiger partial charge in [0.05, 0.1) is 19.4 Å². The second-order valence-corrected chi connectivity index (χ2v) is 5.41. The minimum absolute atomic E-state index is 0.485. The van der Waals surface area contributed by atoms with Crippen molar-refractivity contribution in [3.05, 3.63) is 72.3 Å². The molecule has 0 aliphatic heterocycles. The van der Waals surface area contributed by atoms with Gasteiger partial charge in [-0.2, -0.15) is 0 Å². The van der Waals surface area contributed by atoms with Gasteiger partial charge in [-0.15, -0.1) is 0 Å². The van der Waals surface area contributed by atoms with Crippen LogP contribution in [0.3, 0.4) is 0 Å². The second-order valence-electron chi connectivity index (χ2n) is 5.41. The fourth-order valence-corrected chi connectivity index (χ4v) is 2.35. The predicted molar refractivity (Wildman–Crippen MR) is 96.8 cm³/mol. The number of carbonyl (C=O) groups excluding carboxylic acids is 1. The summed E-state index contributed by atoms with van der Waals surface area (Å²) in [5, 5.41) is 2.71. The lowest BCUT2D eigenvalue weighted by atomic mass is 10.0. The molecular formula is C20H23NO3. The third-order valence-electron chi connectivity index (χ3n) is 3.61. The van der Waals surface area contributed by atoms with Crippen molar-refractivity contribution in [2.45, 2.75) is 19.4 Å². The van der Waals surface area contributed by atoms with Crippen LogP contribution in [0.5, 0.6) is 0 Å². The zero-order chi connectivity index (χ0) is 17.2. The third-order valence-corrected chi connectivity index (χ3v) is 3.61. The Hall–Kier alpha value is -2.59. The molecule has 0 radical (unpaired) electrons. The van der Waals surface area contributed by atoms with Gasteiger partial charge in [0.2, 0.25) is 0 Å². The maximum Gasteiger partial charge on any atom is 0.411 e. The maximum atomic E-state index is 11.4. The van der Waals surface area contributed by atoms with Crippen molar-refractivity contribution >= 4 is 17.4 Å². The van der Waals surface area contributed by atoms with Gasteiger partial charge in [-0.1, -0.05) is 55.1 Å². The average Bonchev–Trinajstić information content (AvgIpc) is 2.62. The van der Waals surface area contributed by atoms with Crippen LogP contribution < -0.4 is 5.32 Å². The number of ether oxygens (including phenoxy) is 2. The number of allylic oxidation sites excluding steroid dienone is 1. The molecule has 4 heteroatoms. The van der Waals surface area contributed by atoms with Crippen LogP contribution in [0.2, 0.25) is 0 Å². The molecule has 1 N–H and O–H groups in total. The van der Waals surface area contributed by atoms with Crippen LogP contribution in [0.25, 0.3) is 5.57 Å². The van der Waals surface area contributed by atoms with Gasteiger partial charge in [0.15, 0.2) is 0 Å². The van der Waals surface area contributed by atoms with E-state index in [-0.39, 0.29) is 0 Å². The first-order chi connectivity index (χ1) is 11.7. The number of hydrogen-bond donors (Lipinski definition) is 1. The molecule has 0 aliphatic carbocycles. The van der Waals surface area contributed by atoms with Crippen molar-refractivity contribution in [3.63, 3.8) is 0 Å². The van der Waals surface area contributed by atoms with Crippen LogP contribution in [0.15, 0.2) is 61.2 Å². The lowest BCUT2D eigenvalue weighted by Gasteiger charge is -2.12. The minimum Gasteiger partial charge on any atom is -0.453 e. The molecule has 0 saturated heterocycles. The Labute approximate surface area is 143 Å². The Morgan fingerprint density at radius 2 is 1.79 bits per heavy atom. The highest BCUT2D eigenvalue weighted by Crippen LogP contribution is 2.26. The monoisotopic (exact) mass is 325 g/mol. The molecule has 24 heavy (non-hydrogen) atoms. The number of hydrogen-bond acceptors (Lipinski definition) is 3.